The number of nitrogens with two attached hydrogens (primary N) is 1. The van der Waals surface area contributed by atoms with E-state index < -0.39 is 17.5 Å². The van der Waals surface area contributed by atoms with Gasteiger partial charge in [-0.05, 0) is 33.4 Å². The van der Waals surface area contributed by atoms with Gasteiger partial charge in [-0.3, -0.25) is 4.79 Å². The molecule has 1 heterocycles. The molecule has 1 aromatic carbocycles. The molecule has 18 heavy (non-hydrogen) atoms. The SMILES string of the molecule is Nc1ccsc1C(=O)Nc1cc(Br)c(F)cc1F. The van der Waals surface area contributed by atoms with Crippen molar-refractivity contribution in [3.8, 4) is 0 Å². The Morgan fingerprint density at radius 2 is 2.06 bits per heavy atom. The van der Waals surface area contributed by atoms with Crippen LogP contribution in [-0.4, -0.2) is 5.91 Å². The van der Waals surface area contributed by atoms with E-state index in [1.165, 1.54) is 0 Å². The van der Waals surface area contributed by atoms with Crippen LogP contribution >= 0.6 is 27.3 Å². The lowest BCUT2D eigenvalue weighted by Crippen LogP contribution is -2.13. The number of amides is 1. The van der Waals surface area contributed by atoms with Crippen LogP contribution < -0.4 is 11.1 Å². The summed E-state index contributed by atoms with van der Waals surface area (Å²) in [6, 6.07) is 3.43. The lowest BCUT2D eigenvalue weighted by atomic mass is 10.3. The second-order valence-corrected chi connectivity index (χ2v) is 5.18. The van der Waals surface area contributed by atoms with Crippen LogP contribution in [0.4, 0.5) is 20.2 Å². The van der Waals surface area contributed by atoms with E-state index in [2.05, 4.69) is 21.2 Å². The average Bonchev–Trinajstić information content (AvgIpc) is 2.72. The van der Waals surface area contributed by atoms with Crippen molar-refractivity contribution in [3.05, 3.63) is 44.6 Å². The molecule has 0 atom stereocenters. The van der Waals surface area contributed by atoms with Gasteiger partial charge in [0.05, 0.1) is 15.8 Å². The van der Waals surface area contributed by atoms with Gasteiger partial charge in [0.1, 0.15) is 16.5 Å². The number of carbonyl (C=O) groups excluding carboxylic acids is 1. The second kappa shape index (κ2) is 5.03. The van der Waals surface area contributed by atoms with Gasteiger partial charge < -0.3 is 11.1 Å². The topological polar surface area (TPSA) is 55.1 Å². The van der Waals surface area contributed by atoms with Crippen LogP contribution in [0.15, 0.2) is 28.1 Å². The Morgan fingerprint density at radius 1 is 1.33 bits per heavy atom. The second-order valence-electron chi connectivity index (χ2n) is 3.41. The minimum Gasteiger partial charge on any atom is -0.397 e. The number of carbonyl (C=O) groups is 1. The molecule has 0 bridgehead atoms. The first-order valence-electron chi connectivity index (χ1n) is 4.78. The molecule has 0 unspecified atom stereocenters. The van der Waals surface area contributed by atoms with E-state index in [1.54, 1.807) is 11.4 Å². The van der Waals surface area contributed by atoms with Gasteiger partial charge in [-0.1, -0.05) is 0 Å². The first kappa shape index (κ1) is 13.0. The molecule has 3 nitrogen and oxygen atoms in total. The molecular weight excluding hydrogens is 326 g/mol. The Morgan fingerprint density at radius 3 is 2.67 bits per heavy atom. The summed E-state index contributed by atoms with van der Waals surface area (Å²) in [5, 5.41) is 4.00. The number of anilines is 2. The van der Waals surface area contributed by atoms with Crippen molar-refractivity contribution in [1.29, 1.82) is 0 Å². The number of benzene rings is 1. The third-order valence-electron chi connectivity index (χ3n) is 2.16. The molecule has 94 valence electrons. The molecule has 0 aliphatic rings. The van der Waals surface area contributed by atoms with Crippen molar-refractivity contribution in [2.45, 2.75) is 0 Å². The predicted octanol–water partition coefficient (Wildman–Crippen LogP) is 3.62. The van der Waals surface area contributed by atoms with Gasteiger partial charge in [-0.15, -0.1) is 11.3 Å². The highest BCUT2D eigenvalue weighted by Crippen LogP contribution is 2.25. The van der Waals surface area contributed by atoms with E-state index in [1.807, 2.05) is 0 Å². The van der Waals surface area contributed by atoms with Crippen molar-refractivity contribution < 1.29 is 13.6 Å². The smallest absolute Gasteiger partial charge is 0.267 e. The lowest BCUT2D eigenvalue weighted by molar-refractivity contribution is 0.103. The van der Waals surface area contributed by atoms with Crippen molar-refractivity contribution in [2.24, 2.45) is 0 Å². The molecule has 0 spiro atoms. The summed E-state index contributed by atoms with van der Waals surface area (Å²) >= 11 is 4.06. The molecule has 0 saturated heterocycles. The summed E-state index contributed by atoms with van der Waals surface area (Å²) in [6.07, 6.45) is 0. The fraction of sp³-hybridized carbons (Fsp3) is 0. The summed E-state index contributed by atoms with van der Waals surface area (Å²) in [6.45, 7) is 0. The zero-order valence-electron chi connectivity index (χ0n) is 8.84. The monoisotopic (exact) mass is 332 g/mol. The molecular formula is C11H7BrF2N2OS. The highest BCUT2D eigenvalue weighted by Gasteiger charge is 2.15. The maximum atomic E-state index is 13.4. The van der Waals surface area contributed by atoms with E-state index in [9.17, 15) is 13.6 Å². The predicted molar refractivity (Wildman–Crippen MR) is 70.7 cm³/mol. The molecule has 0 aliphatic heterocycles. The number of hydrogen-bond acceptors (Lipinski definition) is 3. The zero-order chi connectivity index (χ0) is 13.3. The number of hydrogen-bond donors (Lipinski definition) is 2. The maximum Gasteiger partial charge on any atom is 0.267 e. The van der Waals surface area contributed by atoms with Gasteiger partial charge in [0, 0.05) is 6.07 Å². The van der Waals surface area contributed by atoms with Crippen LogP contribution in [0.25, 0.3) is 0 Å². The van der Waals surface area contributed by atoms with Crippen LogP contribution in [0.2, 0.25) is 0 Å². The van der Waals surface area contributed by atoms with E-state index in [0.717, 1.165) is 17.4 Å². The summed E-state index contributed by atoms with van der Waals surface area (Å²) in [7, 11) is 0. The quantitative estimate of drug-likeness (QED) is 0.825. The third-order valence-corrected chi connectivity index (χ3v) is 3.70. The summed E-state index contributed by atoms with van der Waals surface area (Å²) in [4.78, 5) is 12.1. The van der Waals surface area contributed by atoms with E-state index >= 15 is 0 Å². The summed E-state index contributed by atoms with van der Waals surface area (Å²) < 4.78 is 26.5. The Kier molecular flexibility index (Phi) is 3.63. The zero-order valence-corrected chi connectivity index (χ0v) is 11.2. The first-order chi connectivity index (χ1) is 8.49. The van der Waals surface area contributed by atoms with Crippen LogP contribution in [0.1, 0.15) is 9.67 Å². The lowest BCUT2D eigenvalue weighted by Gasteiger charge is -2.07. The molecule has 3 N–H and O–H groups in total. The molecule has 2 rings (SSSR count). The van der Waals surface area contributed by atoms with Gasteiger partial charge in [0.2, 0.25) is 0 Å². The molecule has 0 aliphatic carbocycles. The first-order valence-corrected chi connectivity index (χ1v) is 6.45. The largest absolute Gasteiger partial charge is 0.397 e. The summed E-state index contributed by atoms with van der Waals surface area (Å²) in [5.41, 5.74) is 5.78. The Labute approximate surface area is 114 Å². The van der Waals surface area contributed by atoms with Crippen LogP contribution in [0, 0.1) is 11.6 Å². The fourth-order valence-electron chi connectivity index (χ4n) is 1.30. The van der Waals surface area contributed by atoms with E-state index in [0.29, 0.717) is 11.8 Å². The van der Waals surface area contributed by atoms with Crippen molar-refractivity contribution in [3.63, 3.8) is 0 Å². The van der Waals surface area contributed by atoms with E-state index in [-0.39, 0.29) is 15.0 Å². The van der Waals surface area contributed by atoms with Gasteiger partial charge in [-0.25, -0.2) is 8.78 Å². The average molecular weight is 333 g/mol. The van der Waals surface area contributed by atoms with Gasteiger partial charge in [0.25, 0.3) is 5.91 Å². The number of nitrogen functional groups attached to an aromatic ring is 1. The van der Waals surface area contributed by atoms with Gasteiger partial charge >= 0.3 is 0 Å². The highest BCUT2D eigenvalue weighted by molar-refractivity contribution is 9.10. The molecule has 2 aromatic rings. The number of nitrogens with one attached hydrogen (secondary N) is 1. The molecule has 0 radical (unpaired) electrons. The van der Waals surface area contributed by atoms with Crippen molar-refractivity contribution in [2.75, 3.05) is 11.1 Å². The molecule has 1 aromatic heterocycles. The molecule has 7 heteroatoms. The standard InChI is InChI=1S/C11H7BrF2N2OS/c12-5-3-9(7(14)4-6(5)13)16-11(17)10-8(15)1-2-18-10/h1-4H,15H2,(H,16,17). The fourth-order valence-corrected chi connectivity index (χ4v) is 2.36. The number of thiophene rings is 1. The minimum absolute atomic E-state index is 0.0679. The van der Waals surface area contributed by atoms with Gasteiger partial charge in [-0.2, -0.15) is 0 Å². The highest BCUT2D eigenvalue weighted by atomic mass is 79.9. The van der Waals surface area contributed by atoms with Crippen LogP contribution in [0.3, 0.4) is 0 Å². The van der Waals surface area contributed by atoms with E-state index in [4.69, 9.17) is 5.73 Å². The Hall–Kier alpha value is -1.47. The molecule has 0 saturated carbocycles. The van der Waals surface area contributed by atoms with Crippen molar-refractivity contribution in [1.82, 2.24) is 0 Å². The Balaban J connectivity index is 2.28. The Bertz CT molecular complexity index is 615. The summed E-state index contributed by atoms with van der Waals surface area (Å²) in [5.74, 6) is -2.11. The third kappa shape index (κ3) is 2.51. The van der Waals surface area contributed by atoms with Crippen LogP contribution in [-0.2, 0) is 0 Å². The molecule has 1 amide bonds. The van der Waals surface area contributed by atoms with Gasteiger partial charge in [0.15, 0.2) is 0 Å². The molecule has 0 fully saturated rings. The van der Waals surface area contributed by atoms with Crippen LogP contribution in [0.5, 0.6) is 0 Å². The number of rotatable bonds is 2. The normalized spacial score (nSPS) is 10.4. The minimum atomic E-state index is -0.848. The maximum absolute atomic E-state index is 13.4. The number of halogens is 3. The van der Waals surface area contributed by atoms with Crippen molar-refractivity contribution >= 4 is 44.5 Å².